The maximum Gasteiger partial charge on any atom is 0.326 e. The molecule has 0 spiro atoms. The first-order chi connectivity index (χ1) is 14.2. The summed E-state index contributed by atoms with van der Waals surface area (Å²) in [6.45, 7) is 0.620. The molecule has 4 amide bonds. The first kappa shape index (κ1) is 23.9. The lowest BCUT2D eigenvalue weighted by molar-refractivity contribution is -0.150. The molecule has 0 aromatic carbocycles. The minimum Gasteiger partial charge on any atom is -0.480 e. The first-order valence-corrected chi connectivity index (χ1v) is 10.6. The summed E-state index contributed by atoms with van der Waals surface area (Å²) in [4.78, 5) is 63.5. The normalized spacial score (nSPS) is 23.1. The van der Waals surface area contributed by atoms with Gasteiger partial charge in [-0.2, -0.15) is 12.6 Å². The van der Waals surface area contributed by atoms with E-state index in [4.69, 9.17) is 11.5 Å². The molecule has 2 fully saturated rings. The van der Waals surface area contributed by atoms with Crippen LogP contribution in [0.25, 0.3) is 0 Å². The molecule has 12 heteroatoms. The van der Waals surface area contributed by atoms with E-state index in [1.807, 2.05) is 0 Å². The van der Waals surface area contributed by atoms with Crippen molar-refractivity contribution in [2.45, 2.75) is 62.7 Å². The van der Waals surface area contributed by atoms with Gasteiger partial charge >= 0.3 is 5.97 Å². The number of hydrogen-bond donors (Lipinski definition) is 5. The van der Waals surface area contributed by atoms with Crippen molar-refractivity contribution in [1.82, 2.24) is 15.1 Å². The summed E-state index contributed by atoms with van der Waals surface area (Å²) < 4.78 is 0. The average Bonchev–Trinajstić information content (AvgIpc) is 3.38. The lowest BCUT2D eigenvalue weighted by atomic mass is 10.1. The molecule has 2 saturated heterocycles. The van der Waals surface area contributed by atoms with Gasteiger partial charge in [0.15, 0.2) is 0 Å². The first-order valence-electron chi connectivity index (χ1n) is 9.96. The highest BCUT2D eigenvalue weighted by Crippen LogP contribution is 2.21. The molecule has 4 unspecified atom stereocenters. The van der Waals surface area contributed by atoms with Crippen LogP contribution in [0.15, 0.2) is 0 Å². The molecular formula is C18H29N5O6S. The maximum absolute atomic E-state index is 13.0. The summed E-state index contributed by atoms with van der Waals surface area (Å²) in [5.74, 6) is -3.13. The van der Waals surface area contributed by atoms with E-state index in [1.165, 1.54) is 9.80 Å². The Kier molecular flexibility index (Phi) is 8.47. The SMILES string of the molecule is NC(=O)CCC(NC(=O)C1CCCN1C(=O)C(N)CS)C(=O)N1CCCC1C(=O)O. The fourth-order valence-electron chi connectivity index (χ4n) is 3.89. The van der Waals surface area contributed by atoms with Crippen LogP contribution < -0.4 is 16.8 Å². The molecule has 4 atom stereocenters. The number of carbonyl (C=O) groups excluding carboxylic acids is 4. The molecule has 2 rings (SSSR count). The Hall–Kier alpha value is -2.34. The summed E-state index contributed by atoms with van der Waals surface area (Å²) in [5.41, 5.74) is 10.9. The monoisotopic (exact) mass is 443 g/mol. The number of carboxylic acids is 1. The summed E-state index contributed by atoms with van der Waals surface area (Å²) in [6.07, 6.45) is 1.67. The predicted molar refractivity (Wildman–Crippen MR) is 109 cm³/mol. The van der Waals surface area contributed by atoms with E-state index >= 15 is 0 Å². The number of carbonyl (C=O) groups is 5. The molecule has 30 heavy (non-hydrogen) atoms. The number of primary amides is 1. The lowest BCUT2D eigenvalue weighted by Crippen LogP contribution is -2.57. The van der Waals surface area contributed by atoms with Gasteiger partial charge in [-0.25, -0.2) is 4.79 Å². The molecule has 2 aliphatic rings. The van der Waals surface area contributed by atoms with Crippen LogP contribution in [-0.4, -0.2) is 87.5 Å². The minimum absolute atomic E-state index is 0.0560. The fourth-order valence-corrected chi connectivity index (χ4v) is 4.05. The number of likely N-dealkylation sites (tertiary alicyclic amines) is 2. The Morgan fingerprint density at radius 2 is 1.60 bits per heavy atom. The summed E-state index contributed by atoms with van der Waals surface area (Å²) in [6, 6.07) is -3.71. The van der Waals surface area contributed by atoms with E-state index in [9.17, 15) is 29.1 Å². The molecular weight excluding hydrogens is 414 g/mol. The molecule has 0 saturated carbocycles. The number of rotatable bonds is 9. The van der Waals surface area contributed by atoms with Crippen molar-refractivity contribution >= 4 is 42.2 Å². The van der Waals surface area contributed by atoms with Crippen LogP contribution in [0.1, 0.15) is 38.5 Å². The topological polar surface area (TPSA) is 176 Å². The zero-order valence-corrected chi connectivity index (χ0v) is 17.6. The molecule has 2 aliphatic heterocycles. The van der Waals surface area contributed by atoms with Gasteiger partial charge in [-0.15, -0.1) is 0 Å². The summed E-state index contributed by atoms with van der Waals surface area (Å²) >= 11 is 4.02. The highest BCUT2D eigenvalue weighted by atomic mass is 32.1. The van der Waals surface area contributed by atoms with Gasteiger partial charge < -0.3 is 31.7 Å². The predicted octanol–water partition coefficient (Wildman–Crippen LogP) is -1.94. The Morgan fingerprint density at radius 3 is 2.13 bits per heavy atom. The van der Waals surface area contributed by atoms with E-state index in [0.717, 1.165) is 0 Å². The van der Waals surface area contributed by atoms with Crippen molar-refractivity contribution in [3.05, 3.63) is 0 Å². The van der Waals surface area contributed by atoms with Gasteiger partial charge in [0.25, 0.3) is 0 Å². The van der Waals surface area contributed by atoms with Crippen molar-refractivity contribution in [3.63, 3.8) is 0 Å². The van der Waals surface area contributed by atoms with Crippen LogP contribution in [0.3, 0.4) is 0 Å². The quantitative estimate of drug-likeness (QED) is 0.257. The fraction of sp³-hybridized carbons (Fsp3) is 0.722. The van der Waals surface area contributed by atoms with E-state index in [1.54, 1.807) is 0 Å². The van der Waals surface area contributed by atoms with Crippen LogP contribution in [0, 0.1) is 0 Å². The zero-order chi connectivity index (χ0) is 22.4. The van der Waals surface area contributed by atoms with Gasteiger partial charge in [-0.1, -0.05) is 0 Å². The third-order valence-electron chi connectivity index (χ3n) is 5.47. The van der Waals surface area contributed by atoms with Crippen LogP contribution in [0.4, 0.5) is 0 Å². The second-order valence-corrected chi connectivity index (χ2v) is 7.94. The van der Waals surface area contributed by atoms with Crippen molar-refractivity contribution < 1.29 is 29.1 Å². The number of nitrogens with two attached hydrogens (primary N) is 2. The van der Waals surface area contributed by atoms with Crippen LogP contribution in [0.2, 0.25) is 0 Å². The third-order valence-corrected chi connectivity index (χ3v) is 5.86. The number of carboxylic acid groups (broad SMARTS) is 1. The van der Waals surface area contributed by atoms with Crippen molar-refractivity contribution in [3.8, 4) is 0 Å². The Bertz CT molecular complexity index is 705. The van der Waals surface area contributed by atoms with Crippen molar-refractivity contribution in [2.24, 2.45) is 11.5 Å². The Balaban J connectivity index is 2.14. The van der Waals surface area contributed by atoms with Gasteiger partial charge in [-0.3, -0.25) is 19.2 Å². The number of aliphatic carboxylic acids is 1. The number of nitrogens with zero attached hydrogens (tertiary/aromatic N) is 2. The molecule has 0 aliphatic carbocycles. The highest BCUT2D eigenvalue weighted by molar-refractivity contribution is 7.80. The minimum atomic E-state index is -1.12. The van der Waals surface area contributed by atoms with Crippen LogP contribution in [-0.2, 0) is 24.0 Å². The van der Waals surface area contributed by atoms with Crippen LogP contribution >= 0.6 is 12.6 Å². The molecule has 0 bridgehead atoms. The second kappa shape index (κ2) is 10.6. The largest absolute Gasteiger partial charge is 0.480 e. The van der Waals surface area contributed by atoms with E-state index in [0.29, 0.717) is 32.2 Å². The third kappa shape index (κ3) is 5.63. The molecule has 0 aromatic rings. The van der Waals surface area contributed by atoms with E-state index in [-0.39, 0.29) is 25.1 Å². The van der Waals surface area contributed by atoms with Gasteiger partial charge in [0, 0.05) is 25.3 Å². The van der Waals surface area contributed by atoms with Gasteiger partial charge in [0.05, 0.1) is 6.04 Å². The van der Waals surface area contributed by atoms with Crippen LogP contribution in [0.5, 0.6) is 0 Å². The smallest absolute Gasteiger partial charge is 0.326 e. The molecule has 2 heterocycles. The Labute approximate surface area is 179 Å². The highest BCUT2D eigenvalue weighted by Gasteiger charge is 2.40. The molecule has 168 valence electrons. The number of thiol groups is 1. The van der Waals surface area contributed by atoms with E-state index in [2.05, 4.69) is 17.9 Å². The van der Waals surface area contributed by atoms with Gasteiger partial charge in [0.1, 0.15) is 18.1 Å². The van der Waals surface area contributed by atoms with Gasteiger partial charge in [0.2, 0.25) is 23.6 Å². The summed E-state index contributed by atoms with van der Waals surface area (Å²) in [7, 11) is 0. The lowest BCUT2D eigenvalue weighted by Gasteiger charge is -2.30. The van der Waals surface area contributed by atoms with Gasteiger partial charge in [-0.05, 0) is 32.1 Å². The Morgan fingerprint density at radius 1 is 1.03 bits per heavy atom. The second-order valence-electron chi connectivity index (χ2n) is 7.57. The van der Waals surface area contributed by atoms with Crippen molar-refractivity contribution in [2.75, 3.05) is 18.8 Å². The number of nitrogens with one attached hydrogen (secondary N) is 1. The number of amides is 4. The number of hydrogen-bond acceptors (Lipinski definition) is 7. The molecule has 0 aromatic heterocycles. The molecule has 6 N–H and O–H groups in total. The molecule has 0 radical (unpaired) electrons. The van der Waals surface area contributed by atoms with Crippen molar-refractivity contribution in [1.29, 1.82) is 0 Å². The average molecular weight is 444 g/mol. The molecule has 11 nitrogen and oxygen atoms in total. The maximum atomic E-state index is 13.0. The van der Waals surface area contributed by atoms with E-state index < -0.39 is 53.8 Å². The zero-order valence-electron chi connectivity index (χ0n) is 16.7. The standard InChI is InChI=1S/C18H29N5O6S/c19-10(9-30)16(26)22-7-1-3-12(22)15(25)21-11(5-6-14(20)24)17(27)23-8-2-4-13(23)18(28)29/h10-13,30H,1-9,19H2,(H2,20,24)(H,21,25)(H,28,29). The summed E-state index contributed by atoms with van der Waals surface area (Å²) in [5, 5.41) is 11.9.